The van der Waals surface area contributed by atoms with Crippen LogP contribution in [-0.4, -0.2) is 59.9 Å². The maximum atomic E-state index is 14.1. The van der Waals surface area contributed by atoms with Crippen molar-refractivity contribution < 1.29 is 19.3 Å². The molecule has 3 aliphatic heterocycles. The summed E-state index contributed by atoms with van der Waals surface area (Å²) in [5.41, 5.74) is -0.159. The number of amides is 4. The molecular weight excluding hydrogens is 462 g/mol. The highest BCUT2D eigenvalue weighted by atomic mass is 35.5. The van der Waals surface area contributed by atoms with Crippen LogP contribution < -0.4 is 15.1 Å². The average Bonchev–Trinajstić information content (AvgIpc) is 2.83. The molecule has 1 N–H and O–H groups in total. The molecule has 2 aromatic rings. The van der Waals surface area contributed by atoms with E-state index in [1.54, 1.807) is 30.3 Å². The van der Waals surface area contributed by atoms with E-state index in [4.69, 9.17) is 11.6 Å². The number of nitrogens with zero attached hydrogens (tertiary/aromatic N) is 4. The molecule has 11 heteroatoms. The Morgan fingerprint density at radius 2 is 1.88 bits per heavy atom. The van der Waals surface area contributed by atoms with Gasteiger partial charge < -0.3 is 4.90 Å². The fourth-order valence-corrected chi connectivity index (χ4v) is 5.42. The minimum atomic E-state index is -1.64. The summed E-state index contributed by atoms with van der Waals surface area (Å²) in [7, 11) is 0. The van der Waals surface area contributed by atoms with Gasteiger partial charge in [-0.3, -0.25) is 29.9 Å². The Labute approximate surface area is 200 Å². The maximum Gasteiger partial charge on any atom is 0.335 e. The van der Waals surface area contributed by atoms with Crippen molar-refractivity contribution in [1.82, 2.24) is 10.2 Å². The Morgan fingerprint density at radius 1 is 1.15 bits per heavy atom. The van der Waals surface area contributed by atoms with E-state index >= 15 is 0 Å². The first-order valence-electron chi connectivity index (χ1n) is 11.0. The van der Waals surface area contributed by atoms with E-state index in [1.165, 1.54) is 12.1 Å². The maximum absolute atomic E-state index is 14.1. The molecule has 3 heterocycles. The van der Waals surface area contributed by atoms with Crippen molar-refractivity contribution in [3.63, 3.8) is 0 Å². The minimum Gasteiger partial charge on any atom is -0.364 e. The molecule has 5 rings (SSSR count). The summed E-state index contributed by atoms with van der Waals surface area (Å²) in [6, 6.07) is 9.37. The predicted molar refractivity (Wildman–Crippen MR) is 125 cm³/mol. The van der Waals surface area contributed by atoms with Crippen molar-refractivity contribution in [2.24, 2.45) is 5.41 Å². The normalized spacial score (nSPS) is 24.6. The highest BCUT2D eigenvalue weighted by Gasteiger charge is 2.63. The third kappa shape index (κ3) is 3.24. The van der Waals surface area contributed by atoms with Gasteiger partial charge in [-0.25, -0.2) is 9.69 Å². The molecule has 1 spiro atoms. The van der Waals surface area contributed by atoms with Crippen LogP contribution in [0.1, 0.15) is 12.5 Å². The lowest BCUT2D eigenvalue weighted by Gasteiger charge is -2.55. The SMILES string of the molecule is CCN1CCN2c3ccc([N+](=O)[O-])cc3C[C@@]3(C(=O)NC(=O)N(c4ccc(Cl)cc4)C3=O)[C@@H]2C1. The Balaban J connectivity index is 1.67. The average molecular weight is 484 g/mol. The molecule has 0 saturated carbocycles. The number of carbonyl (C=O) groups excluding carboxylic acids is 3. The number of urea groups is 1. The van der Waals surface area contributed by atoms with E-state index in [0.29, 0.717) is 29.4 Å². The first-order valence-corrected chi connectivity index (χ1v) is 11.4. The molecule has 0 bridgehead atoms. The van der Waals surface area contributed by atoms with Crippen LogP contribution in [0.3, 0.4) is 0 Å². The second-order valence-electron chi connectivity index (χ2n) is 8.70. The molecule has 176 valence electrons. The summed E-state index contributed by atoms with van der Waals surface area (Å²) in [6.07, 6.45) is -0.0508. The van der Waals surface area contributed by atoms with E-state index in [1.807, 2.05) is 11.8 Å². The summed E-state index contributed by atoms with van der Waals surface area (Å²) in [5.74, 6) is -1.33. The summed E-state index contributed by atoms with van der Waals surface area (Å²) in [5, 5.41) is 14.3. The van der Waals surface area contributed by atoms with Crippen LogP contribution in [0.2, 0.25) is 5.02 Å². The van der Waals surface area contributed by atoms with E-state index in [0.717, 1.165) is 23.7 Å². The summed E-state index contributed by atoms with van der Waals surface area (Å²) in [4.78, 5) is 56.5. The van der Waals surface area contributed by atoms with E-state index in [9.17, 15) is 24.5 Å². The summed E-state index contributed by atoms with van der Waals surface area (Å²) in [6.45, 7) is 4.45. The number of nitro benzene ring substituents is 1. The van der Waals surface area contributed by atoms with Gasteiger partial charge in [0.2, 0.25) is 5.91 Å². The molecule has 34 heavy (non-hydrogen) atoms. The number of fused-ring (bicyclic) bond motifs is 4. The van der Waals surface area contributed by atoms with Gasteiger partial charge in [0.25, 0.3) is 11.6 Å². The molecule has 2 aromatic carbocycles. The number of non-ortho nitro benzene ring substituents is 1. The number of imide groups is 2. The molecule has 2 atom stereocenters. The monoisotopic (exact) mass is 483 g/mol. The van der Waals surface area contributed by atoms with Gasteiger partial charge in [0.1, 0.15) is 0 Å². The van der Waals surface area contributed by atoms with Crippen LogP contribution in [0.25, 0.3) is 0 Å². The van der Waals surface area contributed by atoms with Gasteiger partial charge in [-0.2, -0.15) is 0 Å². The molecule has 2 saturated heterocycles. The number of nitrogens with one attached hydrogen (secondary N) is 1. The van der Waals surface area contributed by atoms with Crippen molar-refractivity contribution >= 4 is 46.5 Å². The number of carbonyl (C=O) groups is 3. The Bertz CT molecular complexity index is 1220. The summed E-state index contributed by atoms with van der Waals surface area (Å²) < 4.78 is 0. The fraction of sp³-hybridized carbons (Fsp3) is 0.348. The van der Waals surface area contributed by atoms with Crippen LogP contribution in [0.4, 0.5) is 21.9 Å². The third-order valence-corrected chi connectivity index (χ3v) is 7.28. The van der Waals surface area contributed by atoms with Gasteiger partial charge in [0.05, 0.1) is 16.7 Å². The fourth-order valence-electron chi connectivity index (χ4n) is 5.29. The van der Waals surface area contributed by atoms with Gasteiger partial charge in [-0.1, -0.05) is 18.5 Å². The Morgan fingerprint density at radius 3 is 2.56 bits per heavy atom. The molecule has 0 unspecified atom stereocenters. The van der Waals surface area contributed by atoms with Crippen molar-refractivity contribution in [2.75, 3.05) is 36.0 Å². The van der Waals surface area contributed by atoms with Crippen molar-refractivity contribution in [3.05, 3.63) is 63.2 Å². The van der Waals surface area contributed by atoms with E-state index in [-0.39, 0.29) is 12.1 Å². The lowest BCUT2D eigenvalue weighted by Crippen LogP contribution is -2.75. The van der Waals surface area contributed by atoms with Crippen molar-refractivity contribution in [1.29, 1.82) is 0 Å². The first kappa shape index (κ1) is 22.3. The van der Waals surface area contributed by atoms with Crippen LogP contribution in [0.15, 0.2) is 42.5 Å². The molecule has 4 amide bonds. The second-order valence-corrected chi connectivity index (χ2v) is 9.13. The zero-order valence-corrected chi connectivity index (χ0v) is 19.1. The standard InChI is InChI=1S/C23H22ClN5O5/c1-2-26-9-10-27-18-8-7-17(29(33)34)11-14(18)12-23(19(27)13-26)20(30)25-22(32)28(21(23)31)16-5-3-15(24)4-6-16/h3-8,11,19H,2,9-10,12-13H2,1H3,(H,25,30,32)/t19-,23-/m0/s1. The molecule has 0 radical (unpaired) electrons. The number of anilines is 2. The van der Waals surface area contributed by atoms with Gasteiger partial charge in [0, 0.05) is 48.9 Å². The lowest BCUT2D eigenvalue weighted by atomic mass is 9.67. The number of halogens is 1. The number of rotatable bonds is 3. The smallest absolute Gasteiger partial charge is 0.335 e. The largest absolute Gasteiger partial charge is 0.364 e. The molecular formula is C23H22ClN5O5. The van der Waals surface area contributed by atoms with E-state index in [2.05, 4.69) is 10.2 Å². The minimum absolute atomic E-state index is 0.0508. The number of piperazine rings is 1. The zero-order valence-electron chi connectivity index (χ0n) is 18.4. The van der Waals surface area contributed by atoms with E-state index < -0.39 is 34.2 Å². The highest BCUT2D eigenvalue weighted by molar-refractivity contribution is 6.32. The van der Waals surface area contributed by atoms with Gasteiger partial charge >= 0.3 is 6.03 Å². The summed E-state index contributed by atoms with van der Waals surface area (Å²) >= 11 is 5.98. The quantitative estimate of drug-likeness (QED) is 0.405. The number of hydrogen-bond donors (Lipinski definition) is 1. The molecule has 3 aliphatic rings. The predicted octanol–water partition coefficient (Wildman–Crippen LogP) is 2.58. The number of benzene rings is 2. The number of hydrogen-bond acceptors (Lipinski definition) is 7. The number of nitro groups is 1. The molecule has 2 fully saturated rings. The lowest BCUT2D eigenvalue weighted by molar-refractivity contribution is -0.384. The molecule has 0 aliphatic carbocycles. The van der Waals surface area contributed by atoms with Crippen LogP contribution in [-0.2, 0) is 16.0 Å². The zero-order chi connectivity index (χ0) is 24.2. The number of likely N-dealkylation sites (N-methyl/N-ethyl adjacent to an activating group) is 1. The number of barbiturate groups is 1. The van der Waals surface area contributed by atoms with Crippen LogP contribution in [0.5, 0.6) is 0 Å². The molecule has 0 aromatic heterocycles. The molecule has 10 nitrogen and oxygen atoms in total. The second kappa shape index (κ2) is 8.07. The first-order chi connectivity index (χ1) is 16.3. The van der Waals surface area contributed by atoms with Gasteiger partial charge in [0.15, 0.2) is 5.41 Å². The topological polar surface area (TPSA) is 116 Å². The third-order valence-electron chi connectivity index (χ3n) is 7.03. The van der Waals surface area contributed by atoms with Crippen LogP contribution in [0, 0.1) is 15.5 Å². The van der Waals surface area contributed by atoms with Gasteiger partial charge in [-0.05, 0) is 42.4 Å². The Hall–Kier alpha value is -3.50. The highest BCUT2D eigenvalue weighted by Crippen LogP contribution is 2.47. The Kier molecular flexibility index (Phi) is 5.29. The van der Waals surface area contributed by atoms with Crippen molar-refractivity contribution in [2.45, 2.75) is 19.4 Å². The van der Waals surface area contributed by atoms with Gasteiger partial charge in [-0.15, -0.1) is 0 Å². The van der Waals surface area contributed by atoms with Crippen molar-refractivity contribution in [3.8, 4) is 0 Å². The van der Waals surface area contributed by atoms with Crippen LogP contribution >= 0.6 is 11.6 Å².